The molecule has 1 atom stereocenters. The third-order valence-corrected chi connectivity index (χ3v) is 3.07. The van der Waals surface area contributed by atoms with Crippen LogP contribution in [0.25, 0.3) is 0 Å². The predicted molar refractivity (Wildman–Crippen MR) is 71.5 cm³/mol. The molecule has 0 saturated heterocycles. The minimum absolute atomic E-state index is 0.165. The van der Waals surface area contributed by atoms with E-state index in [1.165, 1.54) is 6.92 Å². The molecular formula is C13H26N2O3. The molecule has 0 aromatic rings. The first-order chi connectivity index (χ1) is 7.94. The lowest BCUT2D eigenvalue weighted by atomic mass is 9.93. The summed E-state index contributed by atoms with van der Waals surface area (Å²) in [5, 5.41) is 11.4. The van der Waals surface area contributed by atoms with Crippen molar-refractivity contribution in [3.05, 3.63) is 0 Å². The fourth-order valence-corrected chi connectivity index (χ4v) is 2.27. The molecule has 2 N–H and O–H groups in total. The molecule has 0 aliphatic rings. The van der Waals surface area contributed by atoms with Crippen molar-refractivity contribution in [1.29, 1.82) is 0 Å². The number of carboxylic acid groups (broad SMARTS) is 1. The molecule has 0 aliphatic carbocycles. The van der Waals surface area contributed by atoms with Crippen LogP contribution < -0.4 is 5.32 Å². The van der Waals surface area contributed by atoms with Gasteiger partial charge in [-0.1, -0.05) is 6.92 Å². The average molecular weight is 258 g/mol. The van der Waals surface area contributed by atoms with Crippen LogP contribution in [-0.2, 0) is 9.59 Å². The summed E-state index contributed by atoms with van der Waals surface area (Å²) in [6.07, 6.45) is 0. The molecule has 0 heterocycles. The van der Waals surface area contributed by atoms with Crippen LogP contribution in [-0.4, -0.2) is 45.5 Å². The first-order valence-electron chi connectivity index (χ1n) is 6.26. The summed E-state index contributed by atoms with van der Waals surface area (Å²) in [5.41, 5.74) is -0.918. The minimum atomic E-state index is -1.03. The second-order valence-electron chi connectivity index (χ2n) is 6.01. The summed E-state index contributed by atoms with van der Waals surface area (Å²) in [7, 11) is 0. The molecule has 0 fully saturated rings. The van der Waals surface area contributed by atoms with Gasteiger partial charge in [-0.05, 0) is 48.1 Å². The number of rotatable bonds is 5. The number of amides is 1. The number of carboxylic acids is 1. The number of hydrogen-bond acceptors (Lipinski definition) is 3. The first-order valence-corrected chi connectivity index (χ1v) is 6.26. The Morgan fingerprint density at radius 3 is 1.94 bits per heavy atom. The molecular weight excluding hydrogens is 232 g/mol. The van der Waals surface area contributed by atoms with Crippen molar-refractivity contribution < 1.29 is 14.7 Å². The summed E-state index contributed by atoms with van der Waals surface area (Å²) >= 11 is 0. The lowest BCUT2D eigenvalue weighted by Crippen LogP contribution is -2.62. The highest BCUT2D eigenvalue weighted by Crippen LogP contribution is 2.24. The summed E-state index contributed by atoms with van der Waals surface area (Å²) in [6, 6.07) is -0.879. The fourth-order valence-electron chi connectivity index (χ4n) is 2.27. The van der Waals surface area contributed by atoms with Crippen LogP contribution in [0, 0.1) is 0 Å². The second-order valence-corrected chi connectivity index (χ2v) is 6.01. The molecule has 5 nitrogen and oxygen atoms in total. The summed E-state index contributed by atoms with van der Waals surface area (Å²) < 4.78 is 0. The number of carbonyl (C=O) groups is 2. The maximum Gasteiger partial charge on any atom is 0.325 e. The molecule has 1 amide bonds. The highest BCUT2D eigenvalue weighted by molar-refractivity contribution is 5.89. The monoisotopic (exact) mass is 258 g/mol. The van der Waals surface area contributed by atoms with E-state index < -0.39 is 17.6 Å². The summed E-state index contributed by atoms with van der Waals surface area (Å²) in [4.78, 5) is 25.0. The molecule has 1 unspecified atom stereocenters. The van der Waals surface area contributed by atoms with Gasteiger partial charge in [-0.15, -0.1) is 0 Å². The average Bonchev–Trinajstić information content (AvgIpc) is 2.15. The van der Waals surface area contributed by atoms with Gasteiger partial charge in [-0.3, -0.25) is 14.5 Å². The third kappa shape index (κ3) is 3.98. The van der Waals surface area contributed by atoms with Crippen LogP contribution in [0.15, 0.2) is 0 Å². The van der Waals surface area contributed by atoms with E-state index in [9.17, 15) is 9.59 Å². The Morgan fingerprint density at radius 1 is 1.22 bits per heavy atom. The van der Waals surface area contributed by atoms with E-state index in [0.29, 0.717) is 6.54 Å². The molecule has 0 rings (SSSR count). The SMILES string of the molecule is CCN(C(C)(C)C)C(C)(C)C(=O)NC(C)C(=O)O. The fraction of sp³-hybridized carbons (Fsp3) is 0.846. The Hall–Kier alpha value is -1.10. The smallest absolute Gasteiger partial charge is 0.325 e. The second kappa shape index (κ2) is 5.69. The van der Waals surface area contributed by atoms with Crippen molar-refractivity contribution in [2.45, 2.75) is 65.6 Å². The van der Waals surface area contributed by atoms with Gasteiger partial charge in [0.15, 0.2) is 0 Å². The molecule has 18 heavy (non-hydrogen) atoms. The molecule has 0 aromatic heterocycles. The van der Waals surface area contributed by atoms with Crippen molar-refractivity contribution >= 4 is 11.9 Å². The quantitative estimate of drug-likeness (QED) is 0.783. The van der Waals surface area contributed by atoms with Crippen molar-refractivity contribution in [2.75, 3.05) is 6.54 Å². The number of nitrogens with one attached hydrogen (secondary N) is 1. The van der Waals surface area contributed by atoms with E-state index in [0.717, 1.165) is 0 Å². The van der Waals surface area contributed by atoms with Crippen LogP contribution in [0.2, 0.25) is 0 Å². The van der Waals surface area contributed by atoms with Crippen LogP contribution >= 0.6 is 0 Å². The zero-order valence-corrected chi connectivity index (χ0v) is 12.5. The molecule has 0 spiro atoms. The summed E-state index contributed by atoms with van der Waals surface area (Å²) in [6.45, 7) is 13.9. The zero-order valence-electron chi connectivity index (χ0n) is 12.5. The molecule has 0 aliphatic heterocycles. The standard InChI is InChI=1S/C13H26N2O3/c1-8-15(12(3,4)5)13(6,7)11(18)14-9(2)10(16)17/h9H,8H2,1-7H3,(H,14,18)(H,16,17). The highest BCUT2D eigenvalue weighted by atomic mass is 16.4. The Balaban J connectivity index is 5.01. The maximum absolute atomic E-state index is 12.2. The van der Waals surface area contributed by atoms with E-state index >= 15 is 0 Å². The van der Waals surface area contributed by atoms with E-state index in [-0.39, 0.29) is 11.4 Å². The van der Waals surface area contributed by atoms with E-state index in [1.807, 2.05) is 46.4 Å². The molecule has 0 saturated carbocycles. The largest absolute Gasteiger partial charge is 0.480 e. The molecule has 5 heteroatoms. The number of likely N-dealkylation sites (N-methyl/N-ethyl adjacent to an activating group) is 1. The molecule has 0 radical (unpaired) electrons. The third-order valence-electron chi connectivity index (χ3n) is 3.07. The number of hydrogen-bond donors (Lipinski definition) is 2. The normalized spacial score (nSPS) is 14.4. The number of aliphatic carboxylic acids is 1. The molecule has 106 valence electrons. The van der Waals surface area contributed by atoms with Gasteiger partial charge in [0.05, 0.1) is 5.54 Å². The first kappa shape index (κ1) is 16.9. The van der Waals surface area contributed by atoms with E-state index in [2.05, 4.69) is 5.32 Å². The predicted octanol–water partition coefficient (Wildman–Crippen LogP) is 1.47. The van der Waals surface area contributed by atoms with Crippen LogP contribution in [0.3, 0.4) is 0 Å². The van der Waals surface area contributed by atoms with Gasteiger partial charge in [-0.2, -0.15) is 0 Å². The summed E-state index contributed by atoms with van der Waals surface area (Å²) in [5.74, 6) is -1.30. The van der Waals surface area contributed by atoms with Crippen LogP contribution in [0.1, 0.15) is 48.5 Å². The maximum atomic E-state index is 12.2. The van der Waals surface area contributed by atoms with Gasteiger partial charge in [0.2, 0.25) is 5.91 Å². The van der Waals surface area contributed by atoms with Gasteiger partial charge in [0.25, 0.3) is 0 Å². The Morgan fingerprint density at radius 2 is 1.67 bits per heavy atom. The number of carbonyl (C=O) groups excluding carboxylic acids is 1. The molecule has 0 bridgehead atoms. The van der Waals surface area contributed by atoms with Crippen molar-refractivity contribution in [2.24, 2.45) is 0 Å². The minimum Gasteiger partial charge on any atom is -0.480 e. The van der Waals surface area contributed by atoms with Crippen LogP contribution in [0.5, 0.6) is 0 Å². The molecule has 0 aromatic carbocycles. The van der Waals surface area contributed by atoms with Crippen molar-refractivity contribution in [1.82, 2.24) is 10.2 Å². The Bertz CT molecular complexity index is 319. The van der Waals surface area contributed by atoms with Crippen molar-refractivity contribution in [3.63, 3.8) is 0 Å². The lowest BCUT2D eigenvalue weighted by molar-refractivity contribution is -0.144. The van der Waals surface area contributed by atoms with Gasteiger partial charge >= 0.3 is 5.97 Å². The number of nitrogens with zero attached hydrogens (tertiary/aromatic N) is 1. The van der Waals surface area contributed by atoms with Gasteiger partial charge in [0.1, 0.15) is 6.04 Å². The topological polar surface area (TPSA) is 69.6 Å². The van der Waals surface area contributed by atoms with Gasteiger partial charge in [0, 0.05) is 5.54 Å². The highest BCUT2D eigenvalue weighted by Gasteiger charge is 2.40. The Kier molecular flexibility index (Phi) is 5.35. The lowest BCUT2D eigenvalue weighted by Gasteiger charge is -2.45. The Labute approximate surface area is 110 Å². The van der Waals surface area contributed by atoms with Crippen molar-refractivity contribution in [3.8, 4) is 0 Å². The zero-order chi connectivity index (χ0) is 14.7. The van der Waals surface area contributed by atoms with E-state index in [1.54, 1.807) is 0 Å². The van der Waals surface area contributed by atoms with E-state index in [4.69, 9.17) is 5.11 Å². The van der Waals surface area contributed by atoms with Crippen LogP contribution in [0.4, 0.5) is 0 Å². The van der Waals surface area contributed by atoms with Gasteiger partial charge in [-0.25, -0.2) is 0 Å². The van der Waals surface area contributed by atoms with Gasteiger partial charge < -0.3 is 10.4 Å².